The maximum absolute atomic E-state index is 13.6. The molecule has 1 saturated heterocycles. The molecule has 0 aliphatic carbocycles. The Hall–Kier alpha value is -1.72. The summed E-state index contributed by atoms with van der Waals surface area (Å²) in [5, 5.41) is 3.33. The highest BCUT2D eigenvalue weighted by atomic mass is 19.1. The van der Waals surface area contributed by atoms with Crippen molar-refractivity contribution in [1.82, 2.24) is 20.2 Å². The molecule has 0 amide bonds. The maximum atomic E-state index is 13.6. The molecule has 3 rings (SSSR count). The first-order valence-corrected chi connectivity index (χ1v) is 6.96. The van der Waals surface area contributed by atoms with E-state index in [1.807, 2.05) is 6.07 Å². The molecule has 106 valence electrons. The second kappa shape index (κ2) is 5.73. The molecule has 1 aromatic heterocycles. The number of aromatic amines is 1. The quantitative estimate of drug-likeness (QED) is 0.899. The highest BCUT2D eigenvalue weighted by Crippen LogP contribution is 2.20. The van der Waals surface area contributed by atoms with Crippen molar-refractivity contribution in [3.8, 4) is 11.3 Å². The molecule has 1 fully saturated rings. The molecule has 4 nitrogen and oxygen atoms in total. The van der Waals surface area contributed by atoms with Crippen molar-refractivity contribution in [2.45, 2.75) is 13.5 Å². The fourth-order valence-electron chi connectivity index (χ4n) is 2.43. The van der Waals surface area contributed by atoms with Crippen molar-refractivity contribution in [2.24, 2.45) is 0 Å². The lowest BCUT2D eigenvalue weighted by atomic mass is 10.1. The van der Waals surface area contributed by atoms with Crippen LogP contribution in [-0.4, -0.2) is 41.0 Å². The van der Waals surface area contributed by atoms with Crippen molar-refractivity contribution in [3.63, 3.8) is 0 Å². The zero-order valence-corrected chi connectivity index (χ0v) is 11.6. The van der Waals surface area contributed by atoms with E-state index in [1.165, 1.54) is 0 Å². The van der Waals surface area contributed by atoms with Crippen molar-refractivity contribution < 1.29 is 4.39 Å². The molecular formula is C15H19FN4. The third kappa shape index (κ3) is 2.89. The van der Waals surface area contributed by atoms with Crippen LogP contribution in [0.25, 0.3) is 11.3 Å². The number of aryl methyl sites for hydroxylation is 1. The third-order valence-electron chi connectivity index (χ3n) is 3.69. The summed E-state index contributed by atoms with van der Waals surface area (Å²) in [5.74, 6) is 0.753. The monoisotopic (exact) mass is 274 g/mol. The minimum atomic E-state index is -0.180. The van der Waals surface area contributed by atoms with Gasteiger partial charge in [-0.3, -0.25) is 4.90 Å². The first-order valence-electron chi connectivity index (χ1n) is 6.96. The summed E-state index contributed by atoms with van der Waals surface area (Å²) in [4.78, 5) is 10.0. The van der Waals surface area contributed by atoms with Gasteiger partial charge in [-0.1, -0.05) is 12.1 Å². The Balaban J connectivity index is 1.73. The third-order valence-corrected chi connectivity index (χ3v) is 3.69. The van der Waals surface area contributed by atoms with Crippen LogP contribution in [0.5, 0.6) is 0 Å². The average molecular weight is 274 g/mol. The summed E-state index contributed by atoms with van der Waals surface area (Å²) in [6.07, 6.45) is 1.78. The Morgan fingerprint density at radius 3 is 2.85 bits per heavy atom. The first kappa shape index (κ1) is 13.3. The van der Waals surface area contributed by atoms with Crippen LogP contribution in [0.15, 0.2) is 24.4 Å². The van der Waals surface area contributed by atoms with Crippen LogP contribution in [0.2, 0.25) is 0 Å². The van der Waals surface area contributed by atoms with Crippen LogP contribution in [0.4, 0.5) is 4.39 Å². The van der Waals surface area contributed by atoms with E-state index >= 15 is 0 Å². The van der Waals surface area contributed by atoms with Crippen molar-refractivity contribution in [1.29, 1.82) is 0 Å². The maximum Gasteiger partial charge on any atom is 0.126 e. The topological polar surface area (TPSA) is 44.0 Å². The number of benzene rings is 1. The van der Waals surface area contributed by atoms with Crippen LogP contribution in [0.1, 0.15) is 11.4 Å². The number of H-pyrrole nitrogens is 1. The number of imidazole rings is 1. The van der Waals surface area contributed by atoms with Crippen LogP contribution < -0.4 is 5.32 Å². The van der Waals surface area contributed by atoms with Crippen LogP contribution in [0.3, 0.4) is 0 Å². The Morgan fingerprint density at radius 1 is 1.30 bits per heavy atom. The van der Waals surface area contributed by atoms with Crippen LogP contribution >= 0.6 is 0 Å². The van der Waals surface area contributed by atoms with Gasteiger partial charge in [0.05, 0.1) is 18.4 Å². The summed E-state index contributed by atoms with van der Waals surface area (Å²) in [6, 6.07) is 5.26. The number of piperazine rings is 1. The lowest BCUT2D eigenvalue weighted by Crippen LogP contribution is -2.43. The standard InChI is InChI=1S/C15H19FN4/c1-11-2-3-12(8-13(11)16)14-9-18-15(19-14)10-20-6-4-17-5-7-20/h2-3,8-9,17H,4-7,10H2,1H3,(H,18,19). The van der Waals surface area contributed by atoms with Gasteiger partial charge >= 0.3 is 0 Å². The Morgan fingerprint density at radius 2 is 2.10 bits per heavy atom. The SMILES string of the molecule is Cc1ccc(-c2cnc(CN3CCNCC3)[nH]2)cc1F. The number of hydrogen-bond donors (Lipinski definition) is 2. The molecule has 2 aromatic rings. The Labute approximate surface area is 118 Å². The zero-order valence-electron chi connectivity index (χ0n) is 11.6. The van der Waals surface area contributed by atoms with E-state index in [2.05, 4.69) is 20.2 Å². The largest absolute Gasteiger partial charge is 0.341 e. The van der Waals surface area contributed by atoms with Gasteiger partial charge in [0.25, 0.3) is 0 Å². The molecule has 1 aromatic carbocycles. The Kier molecular flexibility index (Phi) is 3.80. The normalized spacial score (nSPS) is 16.5. The molecule has 0 bridgehead atoms. The molecule has 0 unspecified atom stereocenters. The summed E-state index contributed by atoms with van der Waals surface area (Å²) < 4.78 is 13.6. The number of nitrogens with one attached hydrogen (secondary N) is 2. The molecule has 2 N–H and O–H groups in total. The number of aromatic nitrogens is 2. The predicted octanol–water partition coefficient (Wildman–Crippen LogP) is 1.93. The molecule has 20 heavy (non-hydrogen) atoms. The Bertz CT molecular complexity index is 587. The molecule has 0 saturated carbocycles. The lowest BCUT2D eigenvalue weighted by Gasteiger charge is -2.26. The summed E-state index contributed by atoms with van der Waals surface area (Å²) in [5.41, 5.74) is 2.37. The number of rotatable bonds is 3. The van der Waals surface area contributed by atoms with Crippen molar-refractivity contribution in [2.75, 3.05) is 26.2 Å². The molecule has 0 atom stereocenters. The van der Waals surface area contributed by atoms with E-state index in [0.717, 1.165) is 49.8 Å². The predicted molar refractivity (Wildman–Crippen MR) is 76.9 cm³/mol. The number of hydrogen-bond acceptors (Lipinski definition) is 3. The smallest absolute Gasteiger partial charge is 0.126 e. The summed E-state index contributed by atoms with van der Waals surface area (Å²) >= 11 is 0. The number of nitrogens with zero attached hydrogens (tertiary/aromatic N) is 2. The van der Waals surface area contributed by atoms with Crippen molar-refractivity contribution >= 4 is 0 Å². The second-order valence-electron chi connectivity index (χ2n) is 5.23. The van der Waals surface area contributed by atoms with E-state index in [0.29, 0.717) is 5.56 Å². The molecular weight excluding hydrogens is 255 g/mol. The molecule has 5 heteroatoms. The average Bonchev–Trinajstić information content (AvgIpc) is 2.91. The molecule has 2 heterocycles. The van der Waals surface area contributed by atoms with Gasteiger partial charge in [-0.05, 0) is 18.6 Å². The molecule has 1 aliphatic rings. The van der Waals surface area contributed by atoms with Gasteiger partial charge in [-0.25, -0.2) is 9.37 Å². The van der Waals surface area contributed by atoms with Gasteiger partial charge in [0.1, 0.15) is 11.6 Å². The molecule has 0 radical (unpaired) electrons. The van der Waals surface area contributed by atoms with E-state index in [1.54, 1.807) is 25.3 Å². The van der Waals surface area contributed by atoms with E-state index < -0.39 is 0 Å². The fraction of sp³-hybridized carbons (Fsp3) is 0.400. The van der Waals surface area contributed by atoms with Gasteiger partial charge in [0, 0.05) is 31.7 Å². The van der Waals surface area contributed by atoms with Gasteiger partial charge in [-0.15, -0.1) is 0 Å². The molecule has 1 aliphatic heterocycles. The second-order valence-corrected chi connectivity index (χ2v) is 5.23. The molecule has 0 spiro atoms. The fourth-order valence-corrected chi connectivity index (χ4v) is 2.43. The highest BCUT2D eigenvalue weighted by Gasteiger charge is 2.12. The summed E-state index contributed by atoms with van der Waals surface area (Å²) in [7, 11) is 0. The minimum Gasteiger partial charge on any atom is -0.341 e. The van der Waals surface area contributed by atoms with Gasteiger partial charge in [-0.2, -0.15) is 0 Å². The van der Waals surface area contributed by atoms with Crippen LogP contribution in [0, 0.1) is 12.7 Å². The van der Waals surface area contributed by atoms with E-state index in [-0.39, 0.29) is 5.82 Å². The summed E-state index contributed by atoms with van der Waals surface area (Å²) in [6.45, 7) is 6.70. The van der Waals surface area contributed by atoms with E-state index in [4.69, 9.17) is 0 Å². The van der Waals surface area contributed by atoms with Crippen LogP contribution in [-0.2, 0) is 6.54 Å². The van der Waals surface area contributed by atoms with Gasteiger partial charge in [0.2, 0.25) is 0 Å². The van der Waals surface area contributed by atoms with Crippen molar-refractivity contribution in [3.05, 3.63) is 41.6 Å². The highest BCUT2D eigenvalue weighted by molar-refractivity contribution is 5.59. The number of halogens is 1. The lowest BCUT2D eigenvalue weighted by molar-refractivity contribution is 0.228. The van der Waals surface area contributed by atoms with Gasteiger partial charge in [0.15, 0.2) is 0 Å². The van der Waals surface area contributed by atoms with E-state index in [9.17, 15) is 4.39 Å². The first-order chi connectivity index (χ1) is 9.72. The zero-order chi connectivity index (χ0) is 13.9. The van der Waals surface area contributed by atoms with Gasteiger partial charge < -0.3 is 10.3 Å². The minimum absolute atomic E-state index is 0.180.